The average Bonchev–Trinajstić information content (AvgIpc) is 2.48. The van der Waals surface area contributed by atoms with E-state index in [1.165, 1.54) is 0 Å². The molecule has 6 heteroatoms. The zero-order valence-electron chi connectivity index (χ0n) is 10.4. The third kappa shape index (κ3) is 2.64. The summed E-state index contributed by atoms with van der Waals surface area (Å²) in [5, 5.41) is 2.79. The molecule has 2 heterocycles. The molecule has 0 spiro atoms. The number of hydrogen-bond donors (Lipinski definition) is 1. The van der Waals surface area contributed by atoms with Crippen molar-refractivity contribution in [3.05, 3.63) is 18.2 Å². The van der Waals surface area contributed by atoms with Crippen LogP contribution in [0.4, 0.5) is 5.69 Å². The van der Waals surface area contributed by atoms with Gasteiger partial charge in [-0.1, -0.05) is 6.07 Å². The quantitative estimate of drug-likeness (QED) is 0.857. The molecule has 2 aliphatic heterocycles. The lowest BCUT2D eigenvalue weighted by Gasteiger charge is -2.24. The van der Waals surface area contributed by atoms with Crippen LogP contribution in [0.3, 0.4) is 0 Å². The molecule has 0 aliphatic carbocycles. The van der Waals surface area contributed by atoms with Gasteiger partial charge in [0.05, 0.1) is 25.5 Å². The maximum absolute atomic E-state index is 12.0. The van der Waals surface area contributed by atoms with Crippen LogP contribution in [0.2, 0.25) is 0 Å². The average molecular weight is 265 g/mol. The van der Waals surface area contributed by atoms with Crippen LogP contribution in [0.5, 0.6) is 11.5 Å². The molecule has 0 saturated carbocycles. The number of amides is 1. The highest BCUT2D eigenvalue weighted by molar-refractivity contribution is 5.96. The first-order valence-electron chi connectivity index (χ1n) is 6.23. The van der Waals surface area contributed by atoms with Crippen LogP contribution in [0, 0.1) is 0 Å². The van der Waals surface area contributed by atoms with E-state index in [1.54, 1.807) is 12.1 Å². The molecular weight excluding hydrogens is 250 g/mol. The summed E-state index contributed by atoms with van der Waals surface area (Å²) in [5.74, 6) is 0.978. The van der Waals surface area contributed by atoms with E-state index < -0.39 is 6.10 Å². The summed E-state index contributed by atoms with van der Waals surface area (Å²) in [6.07, 6.45) is -0.575. The summed E-state index contributed by atoms with van der Waals surface area (Å²) < 4.78 is 21.5. The second-order valence-electron chi connectivity index (χ2n) is 4.25. The molecule has 0 aromatic heterocycles. The number of para-hydroxylation sites is 1. The molecule has 0 bridgehead atoms. The standard InChI is InChI=1S/C13H15NO5/c15-13(11-8-16-4-5-18-11)14-9-2-1-3-10-12(9)19-7-6-17-10/h1-3,11H,4-8H2,(H,14,15). The Labute approximate surface area is 110 Å². The van der Waals surface area contributed by atoms with Gasteiger partial charge in [-0.2, -0.15) is 0 Å². The van der Waals surface area contributed by atoms with Gasteiger partial charge in [0.15, 0.2) is 17.6 Å². The van der Waals surface area contributed by atoms with Crippen molar-refractivity contribution in [1.82, 2.24) is 0 Å². The minimum Gasteiger partial charge on any atom is -0.486 e. The van der Waals surface area contributed by atoms with Gasteiger partial charge in [-0.25, -0.2) is 0 Å². The largest absolute Gasteiger partial charge is 0.486 e. The molecular formula is C13H15NO5. The number of hydrogen-bond acceptors (Lipinski definition) is 5. The fourth-order valence-corrected chi connectivity index (χ4v) is 2.02. The van der Waals surface area contributed by atoms with E-state index in [2.05, 4.69) is 5.32 Å². The first-order valence-corrected chi connectivity index (χ1v) is 6.23. The lowest BCUT2D eigenvalue weighted by Crippen LogP contribution is -2.39. The zero-order valence-corrected chi connectivity index (χ0v) is 10.4. The molecule has 1 N–H and O–H groups in total. The van der Waals surface area contributed by atoms with Gasteiger partial charge >= 0.3 is 0 Å². The Hall–Kier alpha value is -1.79. The number of carbonyl (C=O) groups is 1. The lowest BCUT2D eigenvalue weighted by atomic mass is 10.2. The van der Waals surface area contributed by atoms with Gasteiger partial charge in [0, 0.05) is 0 Å². The summed E-state index contributed by atoms with van der Waals surface area (Å²) in [7, 11) is 0. The first kappa shape index (κ1) is 12.3. The number of nitrogens with one attached hydrogen (secondary N) is 1. The maximum Gasteiger partial charge on any atom is 0.256 e. The van der Waals surface area contributed by atoms with Crippen molar-refractivity contribution in [2.24, 2.45) is 0 Å². The summed E-state index contributed by atoms with van der Waals surface area (Å²) in [6, 6.07) is 5.39. The number of anilines is 1. The van der Waals surface area contributed by atoms with Crippen molar-refractivity contribution in [1.29, 1.82) is 0 Å². The van der Waals surface area contributed by atoms with Crippen LogP contribution in [-0.4, -0.2) is 45.0 Å². The van der Waals surface area contributed by atoms with Crippen LogP contribution in [-0.2, 0) is 14.3 Å². The van der Waals surface area contributed by atoms with Crippen molar-refractivity contribution in [3.63, 3.8) is 0 Å². The maximum atomic E-state index is 12.0. The fourth-order valence-electron chi connectivity index (χ4n) is 2.02. The third-order valence-corrected chi connectivity index (χ3v) is 2.93. The molecule has 0 radical (unpaired) electrons. The van der Waals surface area contributed by atoms with Crippen LogP contribution >= 0.6 is 0 Å². The Morgan fingerprint density at radius 2 is 2.05 bits per heavy atom. The Bertz CT molecular complexity index is 470. The second-order valence-corrected chi connectivity index (χ2v) is 4.25. The number of rotatable bonds is 2. The van der Waals surface area contributed by atoms with Gasteiger partial charge in [0.2, 0.25) is 0 Å². The van der Waals surface area contributed by atoms with Crippen LogP contribution in [0.15, 0.2) is 18.2 Å². The number of ether oxygens (including phenoxy) is 4. The highest BCUT2D eigenvalue weighted by Crippen LogP contribution is 2.37. The zero-order chi connectivity index (χ0) is 13.1. The lowest BCUT2D eigenvalue weighted by molar-refractivity contribution is -0.142. The van der Waals surface area contributed by atoms with Crippen LogP contribution in [0.1, 0.15) is 0 Å². The van der Waals surface area contributed by atoms with E-state index in [0.29, 0.717) is 43.6 Å². The van der Waals surface area contributed by atoms with Crippen molar-refractivity contribution < 1.29 is 23.7 Å². The first-order chi connectivity index (χ1) is 9.34. The summed E-state index contributed by atoms with van der Waals surface area (Å²) >= 11 is 0. The van der Waals surface area contributed by atoms with Gasteiger partial charge in [-0.15, -0.1) is 0 Å². The topological polar surface area (TPSA) is 66.0 Å². The van der Waals surface area contributed by atoms with Crippen LogP contribution < -0.4 is 14.8 Å². The van der Waals surface area contributed by atoms with E-state index in [1.807, 2.05) is 6.07 Å². The molecule has 2 aliphatic rings. The van der Waals surface area contributed by atoms with Gasteiger partial charge in [-0.3, -0.25) is 4.79 Å². The molecule has 102 valence electrons. The van der Waals surface area contributed by atoms with E-state index >= 15 is 0 Å². The van der Waals surface area contributed by atoms with Crippen molar-refractivity contribution in [3.8, 4) is 11.5 Å². The molecule has 1 amide bonds. The van der Waals surface area contributed by atoms with E-state index in [4.69, 9.17) is 18.9 Å². The van der Waals surface area contributed by atoms with E-state index in [-0.39, 0.29) is 12.5 Å². The van der Waals surface area contributed by atoms with Gasteiger partial charge < -0.3 is 24.3 Å². The fraction of sp³-hybridized carbons (Fsp3) is 0.462. The Balaban J connectivity index is 1.74. The molecule has 1 unspecified atom stereocenters. The highest BCUT2D eigenvalue weighted by Gasteiger charge is 2.25. The predicted octanol–water partition coefficient (Wildman–Crippen LogP) is 0.812. The van der Waals surface area contributed by atoms with Gasteiger partial charge in [-0.05, 0) is 12.1 Å². The number of benzene rings is 1. The molecule has 1 aromatic rings. The molecule has 6 nitrogen and oxygen atoms in total. The predicted molar refractivity (Wildman–Crippen MR) is 66.6 cm³/mol. The minimum atomic E-state index is -0.575. The van der Waals surface area contributed by atoms with E-state index in [0.717, 1.165) is 0 Å². The summed E-state index contributed by atoms with van der Waals surface area (Å²) in [5.41, 5.74) is 0.594. The number of carbonyl (C=O) groups excluding carboxylic acids is 1. The monoisotopic (exact) mass is 265 g/mol. The second kappa shape index (κ2) is 5.46. The molecule has 1 atom stereocenters. The normalized spacial score (nSPS) is 21.8. The highest BCUT2D eigenvalue weighted by atomic mass is 16.6. The molecule has 1 saturated heterocycles. The molecule has 3 rings (SSSR count). The van der Waals surface area contributed by atoms with E-state index in [9.17, 15) is 4.79 Å². The Kier molecular flexibility index (Phi) is 3.52. The van der Waals surface area contributed by atoms with Crippen LogP contribution in [0.25, 0.3) is 0 Å². The van der Waals surface area contributed by atoms with Crippen molar-refractivity contribution in [2.75, 3.05) is 38.4 Å². The van der Waals surface area contributed by atoms with Crippen molar-refractivity contribution in [2.45, 2.75) is 6.10 Å². The molecule has 1 fully saturated rings. The smallest absolute Gasteiger partial charge is 0.256 e. The van der Waals surface area contributed by atoms with Gasteiger partial charge in [0.25, 0.3) is 5.91 Å². The SMILES string of the molecule is O=C(Nc1cccc2c1OCCO2)C1COCCO1. The van der Waals surface area contributed by atoms with Crippen molar-refractivity contribution >= 4 is 11.6 Å². The molecule has 1 aromatic carbocycles. The minimum absolute atomic E-state index is 0.234. The summed E-state index contributed by atoms with van der Waals surface area (Å²) in [4.78, 5) is 12.0. The Morgan fingerprint density at radius 3 is 2.89 bits per heavy atom. The number of fused-ring (bicyclic) bond motifs is 1. The summed E-state index contributed by atoms with van der Waals surface area (Å²) in [6.45, 7) is 2.23. The Morgan fingerprint density at radius 1 is 1.16 bits per heavy atom. The molecule has 19 heavy (non-hydrogen) atoms. The van der Waals surface area contributed by atoms with Gasteiger partial charge in [0.1, 0.15) is 13.2 Å². The third-order valence-electron chi connectivity index (χ3n) is 2.93.